The van der Waals surface area contributed by atoms with Gasteiger partial charge in [0.25, 0.3) is 5.91 Å². The van der Waals surface area contributed by atoms with Crippen molar-refractivity contribution in [2.24, 2.45) is 5.92 Å². The fourth-order valence-corrected chi connectivity index (χ4v) is 2.93. The average molecular weight is 263 g/mol. The molecule has 1 aliphatic rings. The van der Waals surface area contributed by atoms with E-state index in [9.17, 15) is 4.79 Å². The van der Waals surface area contributed by atoms with Crippen LogP contribution in [0.5, 0.6) is 0 Å². The van der Waals surface area contributed by atoms with Crippen LogP contribution in [0.15, 0.2) is 29.2 Å². The maximum atomic E-state index is 12.1. The molecule has 0 spiro atoms. The van der Waals surface area contributed by atoms with Crippen molar-refractivity contribution in [1.82, 2.24) is 5.32 Å². The molecule has 1 fully saturated rings. The van der Waals surface area contributed by atoms with E-state index >= 15 is 0 Å². The number of hydrogen-bond acceptors (Lipinski definition) is 2. The van der Waals surface area contributed by atoms with Crippen molar-refractivity contribution in [1.29, 1.82) is 0 Å². The van der Waals surface area contributed by atoms with E-state index in [1.807, 2.05) is 30.5 Å². The second-order valence-electron chi connectivity index (χ2n) is 5.07. The molecule has 2 rings (SSSR count). The highest BCUT2D eigenvalue weighted by Crippen LogP contribution is 2.24. The van der Waals surface area contributed by atoms with Gasteiger partial charge >= 0.3 is 0 Å². The minimum absolute atomic E-state index is 0.0707. The second-order valence-corrected chi connectivity index (χ2v) is 5.95. The van der Waals surface area contributed by atoms with Crippen molar-refractivity contribution >= 4 is 17.7 Å². The Morgan fingerprint density at radius 1 is 1.22 bits per heavy atom. The molecule has 0 aromatic heterocycles. The van der Waals surface area contributed by atoms with Gasteiger partial charge in [-0.25, -0.2) is 0 Å². The summed E-state index contributed by atoms with van der Waals surface area (Å²) in [5.74, 6) is 0.676. The molecule has 2 nitrogen and oxygen atoms in total. The van der Waals surface area contributed by atoms with Crippen LogP contribution < -0.4 is 5.32 Å². The number of thioether (sulfide) groups is 1. The van der Waals surface area contributed by atoms with E-state index in [4.69, 9.17) is 0 Å². The highest BCUT2D eigenvalue weighted by atomic mass is 32.2. The Balaban J connectivity index is 1.97. The molecule has 0 aliphatic heterocycles. The summed E-state index contributed by atoms with van der Waals surface area (Å²) in [6, 6.07) is 8.18. The van der Waals surface area contributed by atoms with Crippen LogP contribution in [0.2, 0.25) is 0 Å². The second kappa shape index (κ2) is 6.28. The maximum Gasteiger partial charge on any atom is 0.251 e. The summed E-state index contributed by atoms with van der Waals surface area (Å²) in [6.07, 6.45) is 6.93. The normalized spacial score (nSPS) is 23.7. The fraction of sp³-hybridized carbons (Fsp3) is 0.533. The lowest BCUT2D eigenvalue weighted by Crippen LogP contribution is -2.41. The molecule has 2 atom stereocenters. The molecule has 0 unspecified atom stereocenters. The lowest BCUT2D eigenvalue weighted by molar-refractivity contribution is 0.0910. The first kappa shape index (κ1) is 13.5. The van der Waals surface area contributed by atoms with E-state index in [2.05, 4.69) is 12.2 Å². The van der Waals surface area contributed by atoms with Gasteiger partial charge in [0.1, 0.15) is 0 Å². The van der Waals surface area contributed by atoms with Crippen LogP contribution in [0.1, 0.15) is 43.0 Å². The molecule has 0 bridgehead atoms. The number of rotatable bonds is 3. The van der Waals surface area contributed by atoms with Crippen molar-refractivity contribution in [3.8, 4) is 0 Å². The fourth-order valence-electron chi connectivity index (χ4n) is 2.52. The SMILES string of the molecule is CSc1ccc(C(=O)N[C@@H]2CCCC[C@@H]2C)cc1. The number of hydrogen-bond donors (Lipinski definition) is 1. The number of nitrogens with one attached hydrogen (secondary N) is 1. The third-order valence-electron chi connectivity index (χ3n) is 3.78. The first-order valence-electron chi connectivity index (χ1n) is 6.65. The van der Waals surface area contributed by atoms with Crippen LogP contribution in [-0.4, -0.2) is 18.2 Å². The van der Waals surface area contributed by atoms with Gasteiger partial charge in [-0.05, 0) is 49.3 Å². The highest BCUT2D eigenvalue weighted by molar-refractivity contribution is 7.98. The topological polar surface area (TPSA) is 29.1 Å². The van der Waals surface area contributed by atoms with E-state index in [0.717, 1.165) is 12.0 Å². The van der Waals surface area contributed by atoms with E-state index in [1.54, 1.807) is 11.8 Å². The Labute approximate surface area is 114 Å². The molecule has 3 heteroatoms. The van der Waals surface area contributed by atoms with Gasteiger partial charge in [0.15, 0.2) is 0 Å². The summed E-state index contributed by atoms with van der Waals surface area (Å²) in [6.45, 7) is 2.24. The zero-order chi connectivity index (χ0) is 13.0. The summed E-state index contributed by atoms with van der Waals surface area (Å²) in [7, 11) is 0. The quantitative estimate of drug-likeness (QED) is 0.842. The first-order valence-corrected chi connectivity index (χ1v) is 7.88. The van der Waals surface area contributed by atoms with E-state index < -0.39 is 0 Å². The zero-order valence-electron chi connectivity index (χ0n) is 11.1. The molecule has 1 N–H and O–H groups in total. The zero-order valence-corrected chi connectivity index (χ0v) is 11.9. The molecule has 1 aromatic carbocycles. The predicted molar refractivity (Wildman–Crippen MR) is 77.1 cm³/mol. The lowest BCUT2D eigenvalue weighted by Gasteiger charge is -2.29. The average Bonchev–Trinajstić information content (AvgIpc) is 2.41. The molecule has 0 radical (unpaired) electrons. The summed E-state index contributed by atoms with van der Waals surface area (Å²) in [5, 5.41) is 3.18. The van der Waals surface area contributed by atoms with E-state index in [1.165, 1.54) is 24.2 Å². The van der Waals surface area contributed by atoms with Crippen molar-refractivity contribution < 1.29 is 4.79 Å². The van der Waals surface area contributed by atoms with E-state index in [0.29, 0.717) is 12.0 Å². The van der Waals surface area contributed by atoms with Crippen molar-refractivity contribution in [3.63, 3.8) is 0 Å². The molecule has 98 valence electrons. The molecule has 1 saturated carbocycles. The Kier molecular flexibility index (Phi) is 4.70. The van der Waals surface area contributed by atoms with Gasteiger partial charge in [0.05, 0.1) is 0 Å². The number of amides is 1. The van der Waals surface area contributed by atoms with Crippen molar-refractivity contribution in [2.75, 3.05) is 6.26 Å². The van der Waals surface area contributed by atoms with Crippen LogP contribution >= 0.6 is 11.8 Å². The first-order chi connectivity index (χ1) is 8.70. The van der Waals surface area contributed by atoms with Crippen LogP contribution in [0, 0.1) is 5.92 Å². The Morgan fingerprint density at radius 3 is 2.50 bits per heavy atom. The summed E-state index contributed by atoms with van der Waals surface area (Å²) in [5.41, 5.74) is 0.769. The largest absolute Gasteiger partial charge is 0.349 e. The van der Waals surface area contributed by atoms with Gasteiger partial charge in [-0.15, -0.1) is 11.8 Å². The van der Waals surface area contributed by atoms with Gasteiger partial charge in [0.2, 0.25) is 0 Å². The maximum absolute atomic E-state index is 12.1. The van der Waals surface area contributed by atoms with E-state index in [-0.39, 0.29) is 5.91 Å². The number of carbonyl (C=O) groups is 1. The van der Waals surface area contributed by atoms with Crippen molar-refractivity contribution in [2.45, 2.75) is 43.5 Å². The Hall–Kier alpha value is -0.960. The van der Waals surface area contributed by atoms with Gasteiger partial charge in [0, 0.05) is 16.5 Å². The Bertz CT molecular complexity index is 401. The molecule has 1 amide bonds. The number of carbonyl (C=O) groups excluding carboxylic acids is 1. The minimum atomic E-state index is 0.0707. The summed E-state index contributed by atoms with van der Waals surface area (Å²) >= 11 is 1.69. The Morgan fingerprint density at radius 2 is 1.89 bits per heavy atom. The standard InChI is InChI=1S/C15H21NOS/c1-11-5-3-4-6-14(11)16-15(17)12-7-9-13(18-2)10-8-12/h7-11,14H,3-6H2,1-2H3,(H,16,17)/t11-,14+/m0/s1. The van der Waals surface area contributed by atoms with Gasteiger partial charge in [-0.3, -0.25) is 4.79 Å². The molecule has 0 saturated heterocycles. The molecule has 18 heavy (non-hydrogen) atoms. The number of benzene rings is 1. The highest BCUT2D eigenvalue weighted by Gasteiger charge is 2.23. The van der Waals surface area contributed by atoms with Crippen LogP contribution in [0.3, 0.4) is 0 Å². The molecule has 1 aromatic rings. The smallest absolute Gasteiger partial charge is 0.251 e. The lowest BCUT2D eigenvalue weighted by atomic mass is 9.86. The molecule has 1 aliphatic carbocycles. The van der Waals surface area contributed by atoms with Gasteiger partial charge in [-0.1, -0.05) is 19.8 Å². The predicted octanol–water partition coefficient (Wildman–Crippen LogP) is 3.72. The molecular formula is C15H21NOS. The van der Waals surface area contributed by atoms with Gasteiger partial charge < -0.3 is 5.32 Å². The van der Waals surface area contributed by atoms with Crippen molar-refractivity contribution in [3.05, 3.63) is 29.8 Å². The van der Waals surface area contributed by atoms with Crippen LogP contribution in [-0.2, 0) is 0 Å². The molecule has 0 heterocycles. The van der Waals surface area contributed by atoms with Crippen LogP contribution in [0.25, 0.3) is 0 Å². The summed E-state index contributed by atoms with van der Waals surface area (Å²) < 4.78 is 0. The third-order valence-corrected chi connectivity index (χ3v) is 4.52. The monoisotopic (exact) mass is 263 g/mol. The van der Waals surface area contributed by atoms with Crippen LogP contribution in [0.4, 0.5) is 0 Å². The summed E-state index contributed by atoms with van der Waals surface area (Å²) in [4.78, 5) is 13.3. The third kappa shape index (κ3) is 3.29. The minimum Gasteiger partial charge on any atom is -0.349 e. The molecular weight excluding hydrogens is 242 g/mol. The van der Waals surface area contributed by atoms with Gasteiger partial charge in [-0.2, -0.15) is 0 Å².